The molecule has 2 aromatic carbocycles. The molecule has 0 fully saturated rings. The van der Waals surface area contributed by atoms with Crippen LogP contribution in [0.25, 0.3) is 22.0 Å². The summed E-state index contributed by atoms with van der Waals surface area (Å²) in [5.41, 5.74) is 1.79. The van der Waals surface area contributed by atoms with Gasteiger partial charge in [-0.1, -0.05) is 24.3 Å². The van der Waals surface area contributed by atoms with E-state index in [1.165, 1.54) is 0 Å². The van der Waals surface area contributed by atoms with Crippen molar-refractivity contribution >= 4 is 10.8 Å². The summed E-state index contributed by atoms with van der Waals surface area (Å²) >= 11 is 0. The molecule has 1 aromatic heterocycles. The Bertz CT molecular complexity index is 657. The lowest BCUT2D eigenvalue weighted by atomic mass is 10.1. The Hall–Kier alpha value is -2.42. The number of phenolic OH excluding ortho intramolecular Hbond substituents is 1. The largest absolute Gasteiger partial charge is 0.508 e. The first-order chi connectivity index (χ1) is 8.34. The highest BCUT2D eigenvalue weighted by Crippen LogP contribution is 2.26. The third-order valence-electron chi connectivity index (χ3n) is 2.71. The van der Waals surface area contributed by atoms with Crippen LogP contribution < -0.4 is 0 Å². The van der Waals surface area contributed by atoms with E-state index < -0.39 is 0 Å². The van der Waals surface area contributed by atoms with Crippen molar-refractivity contribution in [1.29, 1.82) is 0 Å². The van der Waals surface area contributed by atoms with Gasteiger partial charge < -0.3 is 5.11 Å². The molecule has 17 heavy (non-hydrogen) atoms. The lowest BCUT2D eigenvalue weighted by molar-refractivity contribution is 0.475. The van der Waals surface area contributed by atoms with E-state index in [1.54, 1.807) is 18.3 Å². The summed E-state index contributed by atoms with van der Waals surface area (Å²) in [7, 11) is 0. The Morgan fingerprint density at radius 2 is 1.65 bits per heavy atom. The fraction of sp³-hybridized carbons (Fsp3) is 0. The zero-order chi connectivity index (χ0) is 11.7. The number of phenols is 1. The molecule has 1 N–H and O–H groups in total. The third kappa shape index (κ3) is 1.72. The van der Waals surface area contributed by atoms with Crippen molar-refractivity contribution in [1.82, 2.24) is 10.2 Å². The monoisotopic (exact) mass is 222 g/mol. The number of rotatable bonds is 1. The highest BCUT2D eigenvalue weighted by molar-refractivity contribution is 5.93. The summed E-state index contributed by atoms with van der Waals surface area (Å²) < 4.78 is 0. The average Bonchev–Trinajstić information content (AvgIpc) is 2.39. The lowest BCUT2D eigenvalue weighted by Crippen LogP contribution is -1.88. The van der Waals surface area contributed by atoms with Gasteiger partial charge in [0.05, 0.1) is 6.20 Å². The molecule has 0 atom stereocenters. The van der Waals surface area contributed by atoms with Gasteiger partial charge in [0.25, 0.3) is 0 Å². The summed E-state index contributed by atoms with van der Waals surface area (Å²) in [5.74, 6) is 0.252. The van der Waals surface area contributed by atoms with E-state index in [1.807, 2.05) is 36.4 Å². The number of hydrogen-bond acceptors (Lipinski definition) is 3. The van der Waals surface area contributed by atoms with Gasteiger partial charge in [0.1, 0.15) is 11.4 Å². The van der Waals surface area contributed by atoms with Crippen molar-refractivity contribution in [3.63, 3.8) is 0 Å². The normalized spacial score (nSPS) is 10.6. The molecular formula is C14H10N2O. The van der Waals surface area contributed by atoms with Crippen LogP contribution in [0.4, 0.5) is 0 Å². The second-order valence-corrected chi connectivity index (χ2v) is 3.83. The Kier molecular flexibility index (Phi) is 2.22. The minimum Gasteiger partial charge on any atom is -0.508 e. The zero-order valence-electron chi connectivity index (χ0n) is 9.04. The first-order valence-corrected chi connectivity index (χ1v) is 5.34. The molecule has 0 bridgehead atoms. The molecule has 82 valence electrons. The summed E-state index contributed by atoms with van der Waals surface area (Å²) in [6.07, 6.45) is 1.75. The Morgan fingerprint density at radius 1 is 0.882 bits per heavy atom. The van der Waals surface area contributed by atoms with Gasteiger partial charge in [-0.25, -0.2) is 0 Å². The summed E-state index contributed by atoms with van der Waals surface area (Å²) in [6.45, 7) is 0. The van der Waals surface area contributed by atoms with Crippen LogP contribution in [0, 0.1) is 0 Å². The Labute approximate surface area is 98.4 Å². The van der Waals surface area contributed by atoms with E-state index in [9.17, 15) is 5.11 Å². The van der Waals surface area contributed by atoms with Crippen molar-refractivity contribution < 1.29 is 5.11 Å². The van der Waals surface area contributed by atoms with Crippen LogP contribution in [0.2, 0.25) is 0 Å². The van der Waals surface area contributed by atoms with Crippen LogP contribution in [0.5, 0.6) is 5.75 Å². The van der Waals surface area contributed by atoms with Gasteiger partial charge in [0.15, 0.2) is 0 Å². The molecule has 0 aliphatic carbocycles. The quantitative estimate of drug-likeness (QED) is 0.688. The van der Waals surface area contributed by atoms with Gasteiger partial charge in [0.2, 0.25) is 0 Å². The Morgan fingerprint density at radius 3 is 2.47 bits per heavy atom. The van der Waals surface area contributed by atoms with Crippen molar-refractivity contribution in [2.45, 2.75) is 0 Å². The van der Waals surface area contributed by atoms with E-state index in [4.69, 9.17) is 0 Å². The van der Waals surface area contributed by atoms with Gasteiger partial charge in [0, 0.05) is 16.3 Å². The van der Waals surface area contributed by atoms with Crippen molar-refractivity contribution in [3.05, 3.63) is 54.7 Å². The second-order valence-electron chi connectivity index (χ2n) is 3.83. The molecule has 3 heteroatoms. The standard InChI is InChI=1S/C14H10N2O/c17-12-7-5-10(6-8-12)14-13-4-2-1-3-11(13)9-15-16-14/h1-9,17H. The first-order valence-electron chi connectivity index (χ1n) is 5.34. The van der Waals surface area contributed by atoms with Gasteiger partial charge in [-0.15, -0.1) is 5.10 Å². The van der Waals surface area contributed by atoms with Crippen molar-refractivity contribution in [3.8, 4) is 17.0 Å². The molecule has 0 unspecified atom stereocenters. The molecule has 0 aliphatic heterocycles. The molecule has 0 saturated heterocycles. The average molecular weight is 222 g/mol. The maximum absolute atomic E-state index is 9.28. The third-order valence-corrected chi connectivity index (χ3v) is 2.71. The molecule has 3 nitrogen and oxygen atoms in total. The predicted octanol–water partition coefficient (Wildman–Crippen LogP) is 3.00. The number of fused-ring (bicyclic) bond motifs is 1. The van der Waals surface area contributed by atoms with Crippen LogP contribution in [-0.2, 0) is 0 Å². The van der Waals surface area contributed by atoms with Gasteiger partial charge >= 0.3 is 0 Å². The highest BCUT2D eigenvalue weighted by atomic mass is 16.3. The topological polar surface area (TPSA) is 46.0 Å². The molecular weight excluding hydrogens is 212 g/mol. The lowest BCUT2D eigenvalue weighted by Gasteiger charge is -2.04. The van der Waals surface area contributed by atoms with E-state index in [-0.39, 0.29) is 5.75 Å². The number of aromatic nitrogens is 2. The fourth-order valence-electron chi connectivity index (χ4n) is 1.86. The SMILES string of the molecule is Oc1ccc(-c2nncc3ccccc23)cc1. The van der Waals surface area contributed by atoms with E-state index in [2.05, 4.69) is 10.2 Å². The predicted molar refractivity (Wildman–Crippen MR) is 66.6 cm³/mol. The molecule has 3 rings (SSSR count). The second kappa shape index (κ2) is 3.87. The van der Waals surface area contributed by atoms with Gasteiger partial charge in [-0.2, -0.15) is 5.10 Å². The maximum atomic E-state index is 9.28. The van der Waals surface area contributed by atoms with Gasteiger partial charge in [-0.05, 0) is 24.3 Å². The van der Waals surface area contributed by atoms with E-state index in [0.29, 0.717) is 0 Å². The molecule has 0 amide bonds. The van der Waals surface area contributed by atoms with Crippen LogP contribution >= 0.6 is 0 Å². The molecule has 0 saturated carbocycles. The van der Waals surface area contributed by atoms with Crippen molar-refractivity contribution in [2.24, 2.45) is 0 Å². The molecule has 0 spiro atoms. The Balaban J connectivity index is 2.27. The smallest absolute Gasteiger partial charge is 0.115 e. The summed E-state index contributed by atoms with van der Waals surface area (Å²) in [6, 6.07) is 15.0. The molecule has 0 radical (unpaired) electrons. The minimum atomic E-state index is 0.252. The zero-order valence-corrected chi connectivity index (χ0v) is 9.04. The highest BCUT2D eigenvalue weighted by Gasteiger charge is 2.05. The summed E-state index contributed by atoms with van der Waals surface area (Å²) in [4.78, 5) is 0. The number of aromatic hydroxyl groups is 1. The van der Waals surface area contributed by atoms with Crippen LogP contribution in [0.3, 0.4) is 0 Å². The molecule has 3 aromatic rings. The number of nitrogens with zero attached hydrogens (tertiary/aromatic N) is 2. The number of benzene rings is 2. The first kappa shape index (κ1) is 9.78. The van der Waals surface area contributed by atoms with Crippen LogP contribution in [0.1, 0.15) is 0 Å². The number of hydrogen-bond donors (Lipinski definition) is 1. The minimum absolute atomic E-state index is 0.252. The molecule has 0 aliphatic rings. The molecule has 1 heterocycles. The van der Waals surface area contributed by atoms with E-state index in [0.717, 1.165) is 22.0 Å². The van der Waals surface area contributed by atoms with Crippen LogP contribution in [0.15, 0.2) is 54.7 Å². The van der Waals surface area contributed by atoms with Crippen LogP contribution in [-0.4, -0.2) is 15.3 Å². The fourth-order valence-corrected chi connectivity index (χ4v) is 1.86. The maximum Gasteiger partial charge on any atom is 0.115 e. The van der Waals surface area contributed by atoms with Gasteiger partial charge in [-0.3, -0.25) is 0 Å². The van der Waals surface area contributed by atoms with E-state index >= 15 is 0 Å². The van der Waals surface area contributed by atoms with Crippen molar-refractivity contribution in [2.75, 3.05) is 0 Å². The summed E-state index contributed by atoms with van der Waals surface area (Å²) in [5, 5.41) is 19.6.